The molecule has 0 aliphatic carbocycles. The lowest BCUT2D eigenvalue weighted by molar-refractivity contribution is 0.340. The van der Waals surface area contributed by atoms with Gasteiger partial charge in [0.05, 0.1) is 42.4 Å². The number of aryl methyl sites for hydroxylation is 1. The number of imidazole rings is 1. The Hall–Kier alpha value is -3.04. The first-order chi connectivity index (χ1) is 16.5. The third-order valence-electron chi connectivity index (χ3n) is 5.38. The highest BCUT2D eigenvalue weighted by molar-refractivity contribution is 7.98. The first-order valence-corrected chi connectivity index (χ1v) is 12.9. The largest absolute Gasteiger partial charge is 0.497 e. The number of rotatable bonds is 9. The highest BCUT2D eigenvalue weighted by atomic mass is 32.2. The van der Waals surface area contributed by atoms with Gasteiger partial charge in [-0.2, -0.15) is 0 Å². The number of hydrogen-bond acceptors (Lipinski definition) is 7. The molecule has 0 saturated carbocycles. The van der Waals surface area contributed by atoms with E-state index in [1.54, 1.807) is 18.2 Å². The quantitative estimate of drug-likeness (QED) is 0.289. The maximum atomic E-state index is 13.7. The first-order valence-electron chi connectivity index (χ1n) is 10.8. The van der Waals surface area contributed by atoms with Crippen LogP contribution in [0.5, 0.6) is 17.2 Å². The Balaban J connectivity index is 1.73. The normalized spacial score (nSPS) is 12.0. The minimum Gasteiger partial charge on any atom is -0.497 e. The van der Waals surface area contributed by atoms with Gasteiger partial charge in [-0.3, -0.25) is 4.98 Å². The molecule has 0 bridgehead atoms. The van der Waals surface area contributed by atoms with E-state index in [1.165, 1.54) is 11.8 Å². The molecule has 9 heteroatoms. The number of hydrogen-bond donors (Lipinski definition) is 0. The second kappa shape index (κ2) is 10.5. The number of fused-ring (bicyclic) bond motifs is 1. The molecule has 2 aromatic heterocycles. The van der Waals surface area contributed by atoms with E-state index >= 15 is 0 Å². The molecule has 4 rings (SSSR count). The molecule has 0 spiro atoms. The predicted octanol–water partition coefficient (Wildman–Crippen LogP) is 5.33. The van der Waals surface area contributed by atoms with Gasteiger partial charge in [0.15, 0.2) is 16.1 Å². The fourth-order valence-electron chi connectivity index (χ4n) is 3.67. The number of methoxy groups -OCH3 is 2. The molecule has 0 aliphatic rings. The Morgan fingerprint density at radius 2 is 1.76 bits per heavy atom. The molecule has 0 N–H and O–H groups in total. The lowest BCUT2D eigenvalue weighted by Crippen LogP contribution is -2.07. The average Bonchev–Trinajstić information content (AvgIpc) is 3.21. The summed E-state index contributed by atoms with van der Waals surface area (Å²) in [5.41, 5.74) is 4.36. The van der Waals surface area contributed by atoms with Gasteiger partial charge in [0.1, 0.15) is 17.2 Å². The summed E-state index contributed by atoms with van der Waals surface area (Å²) in [6.07, 6.45) is 1.81. The Kier molecular flexibility index (Phi) is 7.43. The molecule has 34 heavy (non-hydrogen) atoms. The van der Waals surface area contributed by atoms with Crippen LogP contribution in [-0.4, -0.2) is 39.0 Å². The number of nitrogens with zero attached hydrogens (tertiary/aromatic N) is 3. The molecule has 7 nitrogen and oxygen atoms in total. The van der Waals surface area contributed by atoms with Gasteiger partial charge in [0, 0.05) is 29.1 Å². The fraction of sp³-hybridized carbons (Fsp3) is 0.280. The van der Waals surface area contributed by atoms with Crippen LogP contribution in [0.25, 0.3) is 11.0 Å². The number of aromatic nitrogens is 3. The molecule has 0 fully saturated rings. The van der Waals surface area contributed by atoms with Crippen molar-refractivity contribution in [1.29, 1.82) is 0 Å². The minimum absolute atomic E-state index is 0.559. The Labute approximate surface area is 206 Å². The van der Waals surface area contributed by atoms with Crippen LogP contribution in [0.4, 0.5) is 0 Å². The molecule has 0 amide bonds. The van der Waals surface area contributed by atoms with Crippen LogP contribution in [-0.2, 0) is 16.7 Å². The van der Waals surface area contributed by atoms with E-state index in [9.17, 15) is 4.21 Å². The summed E-state index contributed by atoms with van der Waals surface area (Å²) in [5, 5.41) is 0.635. The molecule has 1 atom stereocenters. The molecule has 2 heterocycles. The molecule has 0 radical (unpaired) electrons. The second-order valence-corrected chi connectivity index (χ2v) is 9.81. The van der Waals surface area contributed by atoms with Crippen molar-refractivity contribution in [3.63, 3.8) is 0 Å². The second-order valence-electron chi connectivity index (χ2n) is 7.53. The Morgan fingerprint density at radius 3 is 2.44 bits per heavy atom. The van der Waals surface area contributed by atoms with Crippen molar-refractivity contribution in [2.24, 2.45) is 0 Å². The zero-order valence-electron chi connectivity index (χ0n) is 19.8. The topological polar surface area (TPSA) is 75.5 Å². The summed E-state index contributed by atoms with van der Waals surface area (Å²) >= 11 is 1.49. The molecular formula is C25H27N3O4S2. The number of pyridine rings is 1. The maximum Gasteiger partial charge on any atom is 0.181 e. The van der Waals surface area contributed by atoms with Crippen molar-refractivity contribution in [2.45, 2.75) is 36.6 Å². The molecule has 0 saturated heterocycles. The van der Waals surface area contributed by atoms with Gasteiger partial charge in [-0.25, -0.2) is 13.2 Å². The van der Waals surface area contributed by atoms with E-state index in [1.807, 2.05) is 69.4 Å². The lowest BCUT2D eigenvalue weighted by Gasteiger charge is -2.13. The smallest absolute Gasteiger partial charge is 0.181 e. The predicted molar refractivity (Wildman–Crippen MR) is 136 cm³/mol. The van der Waals surface area contributed by atoms with Crippen molar-refractivity contribution in [3.8, 4) is 17.2 Å². The third kappa shape index (κ3) is 4.76. The number of ether oxygens (including phenoxy) is 3. The summed E-state index contributed by atoms with van der Waals surface area (Å²) in [5.74, 6) is 2.83. The van der Waals surface area contributed by atoms with Crippen LogP contribution < -0.4 is 14.2 Å². The van der Waals surface area contributed by atoms with Crippen molar-refractivity contribution < 1.29 is 18.4 Å². The SMILES string of the molecule is CCOc1ccc(S(=O)n2c(SCc3ncc(C)c(OC)c3C)nc3cc(OC)ccc32)cc1. The van der Waals surface area contributed by atoms with E-state index in [0.717, 1.165) is 33.8 Å². The van der Waals surface area contributed by atoms with Crippen molar-refractivity contribution >= 4 is 33.8 Å². The van der Waals surface area contributed by atoms with Gasteiger partial charge < -0.3 is 14.2 Å². The van der Waals surface area contributed by atoms with Crippen LogP contribution in [0.15, 0.2) is 58.7 Å². The van der Waals surface area contributed by atoms with Crippen molar-refractivity contribution in [2.75, 3.05) is 20.8 Å². The van der Waals surface area contributed by atoms with E-state index in [-0.39, 0.29) is 0 Å². The van der Waals surface area contributed by atoms with Gasteiger partial charge in [0.2, 0.25) is 0 Å². The summed E-state index contributed by atoms with van der Waals surface area (Å²) in [6.45, 7) is 6.49. The van der Waals surface area contributed by atoms with Gasteiger partial charge in [-0.15, -0.1) is 0 Å². The minimum atomic E-state index is -1.50. The number of thioether (sulfide) groups is 1. The lowest BCUT2D eigenvalue weighted by atomic mass is 10.1. The van der Waals surface area contributed by atoms with Gasteiger partial charge in [0.25, 0.3) is 0 Å². The Morgan fingerprint density at radius 1 is 1.03 bits per heavy atom. The maximum absolute atomic E-state index is 13.7. The van der Waals surface area contributed by atoms with Crippen LogP contribution in [0.1, 0.15) is 23.7 Å². The first kappa shape index (κ1) is 24.1. The monoisotopic (exact) mass is 497 g/mol. The van der Waals surface area contributed by atoms with E-state index in [2.05, 4.69) is 4.98 Å². The standard InChI is InChI=1S/C25H27N3O4S2/c1-6-32-18-7-10-20(11-8-18)34(29)28-23-12-9-19(30-4)13-21(23)27-25(28)33-15-22-17(3)24(31-5)16(2)14-26-22/h7-14H,6,15H2,1-5H3. The Bertz CT molecular complexity index is 1340. The summed E-state index contributed by atoms with van der Waals surface area (Å²) in [6, 6.07) is 12.9. The molecular weight excluding hydrogens is 470 g/mol. The van der Waals surface area contributed by atoms with E-state index < -0.39 is 11.0 Å². The molecule has 4 aromatic rings. The summed E-state index contributed by atoms with van der Waals surface area (Å²) in [7, 11) is 1.78. The summed E-state index contributed by atoms with van der Waals surface area (Å²) in [4.78, 5) is 10.0. The summed E-state index contributed by atoms with van der Waals surface area (Å²) < 4.78 is 31.9. The average molecular weight is 498 g/mol. The van der Waals surface area contributed by atoms with Crippen LogP contribution in [0.2, 0.25) is 0 Å². The molecule has 1 unspecified atom stereocenters. The van der Waals surface area contributed by atoms with Crippen LogP contribution >= 0.6 is 11.8 Å². The van der Waals surface area contributed by atoms with Crippen molar-refractivity contribution in [3.05, 3.63) is 65.5 Å². The van der Waals surface area contributed by atoms with Crippen molar-refractivity contribution in [1.82, 2.24) is 13.9 Å². The van der Waals surface area contributed by atoms with Crippen LogP contribution in [0, 0.1) is 13.8 Å². The highest BCUT2D eigenvalue weighted by Crippen LogP contribution is 2.33. The molecule has 2 aromatic carbocycles. The van der Waals surface area contributed by atoms with E-state index in [0.29, 0.717) is 33.7 Å². The third-order valence-corrected chi connectivity index (χ3v) is 7.82. The molecule has 178 valence electrons. The zero-order valence-corrected chi connectivity index (χ0v) is 21.5. The van der Waals surface area contributed by atoms with Gasteiger partial charge >= 0.3 is 0 Å². The van der Waals surface area contributed by atoms with Gasteiger partial charge in [-0.05, 0) is 57.2 Å². The van der Waals surface area contributed by atoms with Crippen LogP contribution in [0.3, 0.4) is 0 Å². The zero-order chi connectivity index (χ0) is 24.2. The fourth-order valence-corrected chi connectivity index (χ4v) is 6.06. The highest BCUT2D eigenvalue weighted by Gasteiger charge is 2.20. The number of benzene rings is 2. The molecule has 0 aliphatic heterocycles. The van der Waals surface area contributed by atoms with E-state index in [4.69, 9.17) is 19.2 Å². The van der Waals surface area contributed by atoms with Gasteiger partial charge in [-0.1, -0.05) is 11.8 Å².